The molecule has 8 heteroatoms. The van der Waals surface area contributed by atoms with Crippen molar-refractivity contribution in [3.05, 3.63) is 64.7 Å². The summed E-state index contributed by atoms with van der Waals surface area (Å²) in [6.45, 7) is 5.67. The lowest BCUT2D eigenvalue weighted by Crippen LogP contribution is -2.46. The van der Waals surface area contributed by atoms with Gasteiger partial charge in [0.1, 0.15) is 17.7 Å². The first-order valence-electron chi connectivity index (χ1n) is 11.0. The summed E-state index contributed by atoms with van der Waals surface area (Å²) in [6, 6.07) is 10.1. The van der Waals surface area contributed by atoms with E-state index in [-0.39, 0.29) is 17.6 Å². The van der Waals surface area contributed by atoms with Gasteiger partial charge in [0.25, 0.3) is 5.91 Å². The van der Waals surface area contributed by atoms with Crippen LogP contribution in [0.1, 0.15) is 41.9 Å². The Bertz CT molecular complexity index is 1210. The van der Waals surface area contributed by atoms with E-state index in [1.807, 2.05) is 31.2 Å². The van der Waals surface area contributed by atoms with Crippen molar-refractivity contribution in [1.82, 2.24) is 25.3 Å². The Morgan fingerprint density at radius 3 is 2.94 bits per heavy atom. The molecule has 1 aromatic heterocycles. The molecule has 166 valence electrons. The van der Waals surface area contributed by atoms with Crippen molar-refractivity contribution >= 4 is 22.8 Å². The minimum absolute atomic E-state index is 0.0946. The van der Waals surface area contributed by atoms with Gasteiger partial charge in [0, 0.05) is 37.5 Å². The number of halogens is 1. The third-order valence-electron chi connectivity index (χ3n) is 6.47. The Balaban J connectivity index is 1.36. The number of hydrazine groups is 1. The summed E-state index contributed by atoms with van der Waals surface area (Å²) in [7, 11) is 0. The number of fused-ring (bicyclic) bond motifs is 3. The molecular weight excluding hydrogens is 409 g/mol. The summed E-state index contributed by atoms with van der Waals surface area (Å²) in [6.07, 6.45) is 1.29. The lowest BCUT2D eigenvalue weighted by molar-refractivity contribution is -0.148. The molecule has 0 bridgehead atoms. The zero-order valence-corrected chi connectivity index (χ0v) is 18.2. The standard InChI is InChI=1S/C24H26FN5O2/c1-14(12-20-26-19-9-8-18(25)15(2)21(19)27-20)23(31)28-22-17-7-4-3-6-16(17)13-29-10-5-11-30(29)24(22)32/h3-4,6-9,14,22H,5,10-13H2,1-2H3,(H,26,27)(H,28,31)/t14-,22+/m1/s1. The molecule has 0 saturated carbocycles. The second-order valence-electron chi connectivity index (χ2n) is 8.70. The summed E-state index contributed by atoms with van der Waals surface area (Å²) < 4.78 is 13.8. The van der Waals surface area contributed by atoms with Gasteiger partial charge in [0.05, 0.1) is 11.0 Å². The Hall–Kier alpha value is -3.26. The Kier molecular flexibility index (Phi) is 5.17. The third kappa shape index (κ3) is 3.54. The number of benzene rings is 2. The van der Waals surface area contributed by atoms with E-state index in [1.54, 1.807) is 18.0 Å². The van der Waals surface area contributed by atoms with E-state index < -0.39 is 12.0 Å². The summed E-state index contributed by atoms with van der Waals surface area (Å²) >= 11 is 0. The molecule has 0 unspecified atom stereocenters. The maximum Gasteiger partial charge on any atom is 0.264 e. The third-order valence-corrected chi connectivity index (χ3v) is 6.47. The van der Waals surface area contributed by atoms with Crippen molar-refractivity contribution in [2.75, 3.05) is 13.1 Å². The molecule has 3 aromatic rings. The minimum atomic E-state index is -0.712. The van der Waals surface area contributed by atoms with Crippen molar-refractivity contribution in [2.24, 2.45) is 5.92 Å². The van der Waals surface area contributed by atoms with Gasteiger partial charge in [-0.05, 0) is 36.6 Å². The minimum Gasteiger partial charge on any atom is -0.342 e. The lowest BCUT2D eigenvalue weighted by Gasteiger charge is -2.28. The average molecular weight is 436 g/mol. The molecule has 2 N–H and O–H groups in total. The number of amides is 2. The molecule has 7 nitrogen and oxygen atoms in total. The van der Waals surface area contributed by atoms with Gasteiger partial charge >= 0.3 is 0 Å². The van der Waals surface area contributed by atoms with Crippen LogP contribution in [0.25, 0.3) is 11.0 Å². The highest BCUT2D eigenvalue weighted by molar-refractivity contribution is 5.90. The van der Waals surface area contributed by atoms with Crippen LogP contribution in [0.4, 0.5) is 4.39 Å². The molecule has 0 spiro atoms. The number of aromatic nitrogens is 2. The van der Waals surface area contributed by atoms with Crippen molar-refractivity contribution in [1.29, 1.82) is 0 Å². The van der Waals surface area contributed by atoms with Crippen LogP contribution in [0.2, 0.25) is 0 Å². The van der Waals surface area contributed by atoms with E-state index >= 15 is 0 Å². The number of hydrogen-bond donors (Lipinski definition) is 2. The second-order valence-corrected chi connectivity index (χ2v) is 8.70. The van der Waals surface area contributed by atoms with Crippen LogP contribution in [0.15, 0.2) is 36.4 Å². The summed E-state index contributed by atoms with van der Waals surface area (Å²) in [5, 5.41) is 6.83. The molecule has 2 atom stereocenters. The molecule has 0 radical (unpaired) electrons. The molecule has 2 aliphatic rings. The van der Waals surface area contributed by atoms with Gasteiger partial charge in [-0.3, -0.25) is 14.6 Å². The van der Waals surface area contributed by atoms with E-state index in [0.717, 1.165) is 29.6 Å². The Morgan fingerprint density at radius 2 is 2.09 bits per heavy atom. The van der Waals surface area contributed by atoms with E-state index in [9.17, 15) is 14.0 Å². The summed E-state index contributed by atoms with van der Waals surface area (Å²) in [5.74, 6) is -0.409. The number of hydrogen-bond acceptors (Lipinski definition) is 4. The van der Waals surface area contributed by atoms with Gasteiger partial charge in [0.2, 0.25) is 5.91 Å². The van der Waals surface area contributed by atoms with E-state index in [2.05, 4.69) is 20.3 Å². The van der Waals surface area contributed by atoms with Crippen LogP contribution in [-0.4, -0.2) is 44.9 Å². The fourth-order valence-electron chi connectivity index (χ4n) is 4.66. The van der Waals surface area contributed by atoms with Crippen molar-refractivity contribution in [3.8, 4) is 0 Å². The second kappa shape index (κ2) is 8.02. The number of imidazole rings is 1. The summed E-state index contributed by atoms with van der Waals surface area (Å²) in [4.78, 5) is 34.1. The van der Waals surface area contributed by atoms with Gasteiger partial charge in [-0.15, -0.1) is 0 Å². The number of carbonyl (C=O) groups is 2. The molecule has 2 aliphatic heterocycles. The first-order valence-corrected chi connectivity index (χ1v) is 11.0. The number of carbonyl (C=O) groups excluding carboxylic acids is 2. The molecule has 1 saturated heterocycles. The molecule has 1 fully saturated rings. The zero-order valence-electron chi connectivity index (χ0n) is 18.2. The van der Waals surface area contributed by atoms with Crippen LogP contribution in [-0.2, 0) is 22.6 Å². The zero-order chi connectivity index (χ0) is 22.4. The fourth-order valence-corrected chi connectivity index (χ4v) is 4.66. The highest BCUT2D eigenvalue weighted by Gasteiger charge is 2.38. The average Bonchev–Trinajstić information content (AvgIpc) is 3.39. The quantitative estimate of drug-likeness (QED) is 0.660. The highest BCUT2D eigenvalue weighted by Crippen LogP contribution is 2.30. The number of nitrogens with one attached hydrogen (secondary N) is 2. The van der Waals surface area contributed by atoms with Crippen LogP contribution < -0.4 is 5.32 Å². The summed E-state index contributed by atoms with van der Waals surface area (Å²) in [5.41, 5.74) is 3.71. The van der Waals surface area contributed by atoms with E-state index in [0.29, 0.717) is 36.4 Å². The van der Waals surface area contributed by atoms with Crippen molar-refractivity contribution in [2.45, 2.75) is 39.3 Å². The SMILES string of the molecule is Cc1c(F)ccc2[nH]c(C[C@@H](C)C(=O)N[C@@H]3C(=O)N4CCCN4Cc4ccccc43)nc12. The van der Waals surface area contributed by atoms with Crippen molar-refractivity contribution < 1.29 is 14.0 Å². The van der Waals surface area contributed by atoms with Gasteiger partial charge in [-0.25, -0.2) is 14.4 Å². The molecular formula is C24H26FN5O2. The molecule has 2 amide bonds. The monoisotopic (exact) mass is 435 g/mol. The van der Waals surface area contributed by atoms with Crippen LogP contribution in [0.5, 0.6) is 0 Å². The van der Waals surface area contributed by atoms with Gasteiger partial charge in [0.15, 0.2) is 0 Å². The number of aromatic amines is 1. The molecule has 2 aromatic carbocycles. The molecule has 5 rings (SSSR count). The van der Waals surface area contributed by atoms with Gasteiger partial charge in [-0.1, -0.05) is 31.2 Å². The van der Waals surface area contributed by atoms with E-state index in [4.69, 9.17) is 0 Å². The van der Waals surface area contributed by atoms with Crippen LogP contribution in [0, 0.1) is 18.7 Å². The number of rotatable bonds is 4. The Morgan fingerprint density at radius 1 is 1.28 bits per heavy atom. The number of aryl methyl sites for hydroxylation is 1. The predicted molar refractivity (Wildman–Crippen MR) is 118 cm³/mol. The smallest absolute Gasteiger partial charge is 0.264 e. The van der Waals surface area contributed by atoms with E-state index in [1.165, 1.54) is 6.07 Å². The fraction of sp³-hybridized carbons (Fsp3) is 0.375. The normalized spacial score (nSPS) is 19.5. The number of H-pyrrole nitrogens is 1. The van der Waals surface area contributed by atoms with Crippen LogP contribution >= 0.6 is 0 Å². The Labute approximate surface area is 185 Å². The lowest BCUT2D eigenvalue weighted by atomic mass is 9.98. The van der Waals surface area contributed by atoms with Gasteiger partial charge in [-0.2, -0.15) is 0 Å². The molecule has 3 heterocycles. The maximum absolute atomic E-state index is 13.8. The predicted octanol–water partition coefficient (Wildman–Crippen LogP) is 3.01. The highest BCUT2D eigenvalue weighted by atomic mass is 19.1. The van der Waals surface area contributed by atoms with Gasteiger partial charge < -0.3 is 10.3 Å². The van der Waals surface area contributed by atoms with Crippen molar-refractivity contribution in [3.63, 3.8) is 0 Å². The largest absolute Gasteiger partial charge is 0.342 e. The first-order chi connectivity index (χ1) is 15.4. The number of nitrogens with zero attached hydrogens (tertiary/aromatic N) is 3. The first kappa shape index (κ1) is 20.6. The topological polar surface area (TPSA) is 81.3 Å². The molecule has 0 aliphatic carbocycles. The molecule has 32 heavy (non-hydrogen) atoms. The van der Waals surface area contributed by atoms with Crippen LogP contribution in [0.3, 0.4) is 0 Å². The maximum atomic E-state index is 13.8.